The maximum absolute atomic E-state index is 13.7. The quantitative estimate of drug-likeness (QED) is 0.627. The van der Waals surface area contributed by atoms with Gasteiger partial charge in [0.2, 0.25) is 0 Å². The van der Waals surface area contributed by atoms with Gasteiger partial charge in [-0.05, 0) is 30.9 Å². The van der Waals surface area contributed by atoms with Crippen molar-refractivity contribution in [3.8, 4) is 0 Å². The number of halogens is 4. The Morgan fingerprint density at radius 1 is 1.38 bits per heavy atom. The molecule has 1 amide bonds. The number of hydrogen-bond acceptors (Lipinski definition) is 2. The number of carbonyl (C=O) groups excluding carboxylic acids is 1. The van der Waals surface area contributed by atoms with Gasteiger partial charge < -0.3 is 10.4 Å². The van der Waals surface area contributed by atoms with Gasteiger partial charge in [0.15, 0.2) is 0 Å². The molecule has 3 nitrogen and oxygen atoms in total. The molecule has 2 N–H and O–H groups in total. The minimum Gasteiger partial charge on any atom is -0.396 e. The highest BCUT2D eigenvalue weighted by atomic mass is 19.4. The minimum atomic E-state index is -4.84. The van der Waals surface area contributed by atoms with Crippen LogP contribution in [-0.4, -0.2) is 24.2 Å². The molecular formula is C14H17F4NO2. The highest BCUT2D eigenvalue weighted by Gasteiger charge is 2.35. The molecule has 0 saturated heterocycles. The average molecular weight is 307 g/mol. The fourth-order valence-corrected chi connectivity index (χ4v) is 1.77. The molecule has 0 aliphatic heterocycles. The van der Waals surface area contributed by atoms with Crippen molar-refractivity contribution in [3.63, 3.8) is 0 Å². The second-order valence-electron chi connectivity index (χ2n) is 4.85. The largest absolute Gasteiger partial charge is 0.419 e. The predicted molar refractivity (Wildman–Crippen MR) is 69.2 cm³/mol. The van der Waals surface area contributed by atoms with Crippen LogP contribution >= 0.6 is 0 Å². The van der Waals surface area contributed by atoms with E-state index in [0.29, 0.717) is 18.9 Å². The fraction of sp³-hybridized carbons (Fsp3) is 0.500. The van der Waals surface area contributed by atoms with Crippen LogP contribution in [0, 0.1) is 11.7 Å². The normalized spacial score (nSPS) is 13.0. The Hall–Kier alpha value is -1.63. The number of aliphatic hydroxyl groups is 1. The Morgan fingerprint density at radius 2 is 2.05 bits per heavy atom. The van der Waals surface area contributed by atoms with Crippen molar-refractivity contribution in [2.75, 3.05) is 13.2 Å². The summed E-state index contributed by atoms with van der Waals surface area (Å²) in [5.74, 6) is -2.37. The van der Waals surface area contributed by atoms with Crippen molar-refractivity contribution in [2.24, 2.45) is 5.92 Å². The van der Waals surface area contributed by atoms with Gasteiger partial charge in [0.1, 0.15) is 5.82 Å². The van der Waals surface area contributed by atoms with Gasteiger partial charge in [-0.15, -0.1) is 0 Å². The molecule has 7 heteroatoms. The maximum Gasteiger partial charge on any atom is 0.419 e. The van der Waals surface area contributed by atoms with Crippen LogP contribution in [0.3, 0.4) is 0 Å². The molecule has 0 radical (unpaired) electrons. The number of hydrogen-bond donors (Lipinski definition) is 2. The summed E-state index contributed by atoms with van der Waals surface area (Å²) in [7, 11) is 0. The Labute approximate surface area is 120 Å². The summed E-state index contributed by atoms with van der Waals surface area (Å²) in [6.07, 6.45) is -3.63. The van der Waals surface area contributed by atoms with Gasteiger partial charge >= 0.3 is 6.18 Å². The van der Waals surface area contributed by atoms with Crippen molar-refractivity contribution in [1.29, 1.82) is 0 Å². The minimum absolute atomic E-state index is 0.0240. The number of alkyl halides is 3. The summed E-state index contributed by atoms with van der Waals surface area (Å²) < 4.78 is 51.3. The van der Waals surface area contributed by atoms with Crippen LogP contribution < -0.4 is 5.32 Å². The highest BCUT2D eigenvalue weighted by molar-refractivity contribution is 5.94. The maximum atomic E-state index is 13.7. The van der Waals surface area contributed by atoms with Crippen LogP contribution in [0.25, 0.3) is 0 Å². The Balaban J connectivity index is 2.67. The van der Waals surface area contributed by atoms with Crippen LogP contribution in [0.1, 0.15) is 35.7 Å². The number of nitrogens with one attached hydrogen (secondary N) is 1. The molecule has 21 heavy (non-hydrogen) atoms. The van der Waals surface area contributed by atoms with Crippen LogP contribution in [0.2, 0.25) is 0 Å². The zero-order chi connectivity index (χ0) is 16.0. The topological polar surface area (TPSA) is 49.3 Å². The average Bonchev–Trinajstić information content (AvgIpc) is 2.41. The van der Waals surface area contributed by atoms with E-state index >= 15 is 0 Å². The standard InChI is InChI=1S/C14H17F4NO2/c1-9(8-20)4-3-7-19-13(21)10-5-2-6-11(12(10)15)14(16,17)18/h2,5-6,9,20H,3-4,7-8H2,1H3,(H,19,21). The molecule has 118 valence electrons. The molecule has 0 heterocycles. The Morgan fingerprint density at radius 3 is 2.62 bits per heavy atom. The Bertz CT molecular complexity index is 488. The van der Waals surface area contributed by atoms with Crippen LogP contribution in [-0.2, 0) is 6.18 Å². The number of amides is 1. The van der Waals surface area contributed by atoms with E-state index in [1.54, 1.807) is 0 Å². The smallest absolute Gasteiger partial charge is 0.396 e. The summed E-state index contributed by atoms with van der Waals surface area (Å²) in [6.45, 7) is 2.06. The lowest BCUT2D eigenvalue weighted by Gasteiger charge is -2.12. The van der Waals surface area contributed by atoms with E-state index in [4.69, 9.17) is 5.11 Å². The van der Waals surface area contributed by atoms with Gasteiger partial charge in [-0.25, -0.2) is 4.39 Å². The second kappa shape index (κ2) is 7.40. The molecule has 0 bridgehead atoms. The SMILES string of the molecule is CC(CO)CCCNC(=O)c1cccc(C(F)(F)F)c1F. The van der Waals surface area contributed by atoms with Crippen molar-refractivity contribution in [1.82, 2.24) is 5.32 Å². The summed E-state index contributed by atoms with van der Waals surface area (Å²) >= 11 is 0. The van der Waals surface area contributed by atoms with E-state index in [1.165, 1.54) is 0 Å². The van der Waals surface area contributed by atoms with E-state index in [2.05, 4.69) is 5.32 Å². The van der Waals surface area contributed by atoms with E-state index in [9.17, 15) is 22.4 Å². The van der Waals surface area contributed by atoms with Crippen molar-refractivity contribution in [3.05, 3.63) is 35.1 Å². The van der Waals surface area contributed by atoms with Gasteiger partial charge in [0, 0.05) is 13.2 Å². The van der Waals surface area contributed by atoms with Crippen molar-refractivity contribution >= 4 is 5.91 Å². The molecule has 1 aromatic rings. The number of aliphatic hydroxyl groups excluding tert-OH is 1. The van der Waals surface area contributed by atoms with Crippen LogP contribution in [0.15, 0.2) is 18.2 Å². The summed E-state index contributed by atoms with van der Waals surface area (Å²) in [5.41, 5.74) is -2.08. The van der Waals surface area contributed by atoms with Gasteiger partial charge in [-0.2, -0.15) is 13.2 Å². The highest BCUT2D eigenvalue weighted by Crippen LogP contribution is 2.32. The van der Waals surface area contributed by atoms with Crippen LogP contribution in [0.4, 0.5) is 17.6 Å². The van der Waals surface area contributed by atoms with E-state index < -0.39 is 29.0 Å². The number of rotatable bonds is 6. The monoisotopic (exact) mass is 307 g/mol. The predicted octanol–water partition coefficient (Wildman–Crippen LogP) is 2.98. The zero-order valence-electron chi connectivity index (χ0n) is 11.5. The first-order valence-corrected chi connectivity index (χ1v) is 6.52. The molecule has 0 aliphatic rings. The third-order valence-electron chi connectivity index (χ3n) is 3.02. The van der Waals surface area contributed by atoms with E-state index in [-0.39, 0.29) is 19.1 Å². The van der Waals surface area contributed by atoms with Crippen molar-refractivity contribution in [2.45, 2.75) is 25.9 Å². The first kappa shape index (κ1) is 17.4. The third kappa shape index (κ3) is 5.00. The molecule has 0 aromatic heterocycles. The first-order chi connectivity index (χ1) is 9.77. The van der Waals surface area contributed by atoms with E-state index in [1.807, 2.05) is 6.92 Å². The first-order valence-electron chi connectivity index (χ1n) is 6.52. The number of benzene rings is 1. The van der Waals surface area contributed by atoms with Gasteiger partial charge in [0.25, 0.3) is 5.91 Å². The van der Waals surface area contributed by atoms with E-state index in [0.717, 1.165) is 12.1 Å². The molecule has 1 atom stereocenters. The lowest BCUT2D eigenvalue weighted by atomic mass is 10.1. The second-order valence-corrected chi connectivity index (χ2v) is 4.85. The summed E-state index contributed by atoms with van der Waals surface area (Å²) in [6, 6.07) is 2.60. The molecule has 1 rings (SSSR count). The molecule has 0 fully saturated rings. The molecule has 1 unspecified atom stereocenters. The molecule has 0 aliphatic carbocycles. The number of carbonyl (C=O) groups is 1. The lowest BCUT2D eigenvalue weighted by molar-refractivity contribution is -0.140. The summed E-state index contributed by atoms with van der Waals surface area (Å²) in [5, 5.41) is 11.2. The Kier molecular flexibility index (Phi) is 6.14. The molecule has 0 spiro atoms. The van der Waals surface area contributed by atoms with Gasteiger partial charge in [-0.3, -0.25) is 4.79 Å². The fourth-order valence-electron chi connectivity index (χ4n) is 1.77. The zero-order valence-corrected chi connectivity index (χ0v) is 11.5. The molecular weight excluding hydrogens is 290 g/mol. The van der Waals surface area contributed by atoms with Crippen molar-refractivity contribution < 1.29 is 27.5 Å². The molecule has 1 aromatic carbocycles. The van der Waals surface area contributed by atoms with Crippen LogP contribution in [0.5, 0.6) is 0 Å². The summed E-state index contributed by atoms with van der Waals surface area (Å²) in [4.78, 5) is 11.7. The van der Waals surface area contributed by atoms with Gasteiger partial charge in [0.05, 0.1) is 11.1 Å². The third-order valence-corrected chi connectivity index (χ3v) is 3.02. The van der Waals surface area contributed by atoms with Gasteiger partial charge in [-0.1, -0.05) is 13.0 Å². The lowest BCUT2D eigenvalue weighted by Crippen LogP contribution is -2.26. The molecule has 0 saturated carbocycles.